The highest BCUT2D eigenvalue weighted by Crippen LogP contribution is 2.19. The number of aryl methyl sites for hydroxylation is 1. The Morgan fingerprint density at radius 3 is 3.19 bits per heavy atom. The average Bonchev–Trinajstić information content (AvgIpc) is 3.13. The molecule has 0 aliphatic carbocycles. The van der Waals surface area contributed by atoms with Gasteiger partial charge in [-0.2, -0.15) is 0 Å². The molecule has 106 valence electrons. The van der Waals surface area contributed by atoms with Crippen molar-refractivity contribution in [2.45, 2.75) is 25.4 Å². The van der Waals surface area contributed by atoms with Crippen molar-refractivity contribution in [2.24, 2.45) is 0 Å². The van der Waals surface area contributed by atoms with Crippen molar-refractivity contribution >= 4 is 16.9 Å². The lowest BCUT2D eigenvalue weighted by Gasteiger charge is -2.24. The molecule has 21 heavy (non-hydrogen) atoms. The molecule has 0 radical (unpaired) electrons. The summed E-state index contributed by atoms with van der Waals surface area (Å²) in [6, 6.07) is 9.54. The second-order valence-corrected chi connectivity index (χ2v) is 5.35. The molecule has 1 N–H and O–H groups in total. The van der Waals surface area contributed by atoms with Gasteiger partial charge >= 0.3 is 0 Å². The molecular formula is C16H15N3O2. The third-order valence-corrected chi connectivity index (χ3v) is 3.92. The zero-order valence-corrected chi connectivity index (χ0v) is 11.5. The monoisotopic (exact) mass is 281 g/mol. The van der Waals surface area contributed by atoms with E-state index in [0.717, 1.165) is 36.2 Å². The zero-order chi connectivity index (χ0) is 14.2. The van der Waals surface area contributed by atoms with Crippen LogP contribution in [0.15, 0.2) is 47.1 Å². The van der Waals surface area contributed by atoms with Gasteiger partial charge in [0.25, 0.3) is 5.91 Å². The molecule has 4 rings (SSSR count). The van der Waals surface area contributed by atoms with Crippen LogP contribution in [0.4, 0.5) is 0 Å². The van der Waals surface area contributed by atoms with Crippen molar-refractivity contribution in [1.29, 1.82) is 0 Å². The van der Waals surface area contributed by atoms with E-state index in [9.17, 15) is 4.79 Å². The first-order valence-corrected chi connectivity index (χ1v) is 7.09. The van der Waals surface area contributed by atoms with Crippen LogP contribution in [-0.2, 0) is 13.0 Å². The van der Waals surface area contributed by atoms with Crippen LogP contribution in [0.25, 0.3) is 11.0 Å². The van der Waals surface area contributed by atoms with Gasteiger partial charge in [0.05, 0.1) is 0 Å². The van der Waals surface area contributed by atoms with E-state index in [-0.39, 0.29) is 11.9 Å². The maximum atomic E-state index is 12.3. The molecule has 0 fully saturated rings. The minimum atomic E-state index is -0.153. The Morgan fingerprint density at radius 2 is 2.29 bits per heavy atom. The summed E-state index contributed by atoms with van der Waals surface area (Å²) in [7, 11) is 0. The standard InChI is InChI=1S/C16H15N3O2/c20-16(14-9-11-3-1-2-4-13(11)21-14)18-12-5-6-15-17-7-8-19(15)10-12/h1-4,7-9,12H,5-6,10H2,(H,18,20)/t12-/m1/s1. The molecule has 0 spiro atoms. The van der Waals surface area contributed by atoms with Crippen LogP contribution in [0, 0.1) is 0 Å². The Balaban J connectivity index is 1.51. The van der Waals surface area contributed by atoms with Gasteiger partial charge in [0.1, 0.15) is 11.4 Å². The zero-order valence-electron chi connectivity index (χ0n) is 11.5. The second kappa shape index (κ2) is 4.77. The van der Waals surface area contributed by atoms with Crippen molar-refractivity contribution < 1.29 is 9.21 Å². The Hall–Kier alpha value is -2.56. The molecule has 3 aromatic rings. The van der Waals surface area contributed by atoms with Gasteiger partial charge in [-0.15, -0.1) is 0 Å². The number of fused-ring (bicyclic) bond motifs is 2. The Labute approximate surface area is 121 Å². The maximum absolute atomic E-state index is 12.3. The van der Waals surface area contributed by atoms with Crippen LogP contribution in [0.1, 0.15) is 22.8 Å². The molecule has 2 aromatic heterocycles. The molecule has 3 heterocycles. The smallest absolute Gasteiger partial charge is 0.287 e. The fourth-order valence-electron chi connectivity index (χ4n) is 2.83. The summed E-state index contributed by atoms with van der Waals surface area (Å²) in [6.07, 6.45) is 5.55. The minimum Gasteiger partial charge on any atom is -0.451 e. The lowest BCUT2D eigenvalue weighted by Crippen LogP contribution is -2.40. The number of rotatable bonds is 2. The molecule has 0 unspecified atom stereocenters. The van der Waals surface area contributed by atoms with Gasteiger partial charge in [-0.3, -0.25) is 4.79 Å². The van der Waals surface area contributed by atoms with Crippen molar-refractivity contribution in [3.05, 3.63) is 54.3 Å². The van der Waals surface area contributed by atoms with Crippen molar-refractivity contribution in [1.82, 2.24) is 14.9 Å². The third-order valence-electron chi connectivity index (χ3n) is 3.92. The molecule has 1 atom stereocenters. The van der Waals surface area contributed by atoms with Gasteiger partial charge in [-0.05, 0) is 18.6 Å². The number of imidazole rings is 1. The molecule has 0 bridgehead atoms. The summed E-state index contributed by atoms with van der Waals surface area (Å²) in [4.78, 5) is 16.6. The largest absolute Gasteiger partial charge is 0.451 e. The summed E-state index contributed by atoms with van der Waals surface area (Å²) >= 11 is 0. The summed E-state index contributed by atoms with van der Waals surface area (Å²) in [5.41, 5.74) is 0.739. The number of furan rings is 1. The molecule has 1 aliphatic rings. The molecule has 1 aliphatic heterocycles. The second-order valence-electron chi connectivity index (χ2n) is 5.35. The molecule has 5 heteroatoms. The lowest BCUT2D eigenvalue weighted by molar-refractivity contribution is 0.0901. The average molecular weight is 281 g/mol. The van der Waals surface area contributed by atoms with E-state index in [4.69, 9.17) is 4.42 Å². The summed E-state index contributed by atoms with van der Waals surface area (Å²) in [6.45, 7) is 0.765. The molecule has 0 saturated heterocycles. The number of aromatic nitrogens is 2. The number of benzene rings is 1. The fourth-order valence-corrected chi connectivity index (χ4v) is 2.83. The van der Waals surface area contributed by atoms with Gasteiger partial charge in [0.2, 0.25) is 0 Å². The SMILES string of the molecule is O=C(N[C@@H]1CCc2nccn2C1)c1cc2ccccc2o1. The van der Waals surface area contributed by atoms with Crippen molar-refractivity contribution in [2.75, 3.05) is 0 Å². The first kappa shape index (κ1) is 12.2. The van der Waals surface area contributed by atoms with E-state index in [1.807, 2.05) is 30.5 Å². The first-order chi connectivity index (χ1) is 10.3. The topological polar surface area (TPSA) is 60.1 Å². The predicted octanol–water partition coefficient (Wildman–Crippen LogP) is 2.37. The van der Waals surface area contributed by atoms with Gasteiger partial charge in [0.15, 0.2) is 5.76 Å². The van der Waals surface area contributed by atoms with Gasteiger partial charge in [-0.25, -0.2) is 4.98 Å². The van der Waals surface area contributed by atoms with Gasteiger partial charge in [-0.1, -0.05) is 18.2 Å². The Bertz CT molecular complexity index is 770. The Morgan fingerprint density at radius 1 is 1.38 bits per heavy atom. The highest BCUT2D eigenvalue weighted by molar-refractivity contribution is 5.96. The maximum Gasteiger partial charge on any atom is 0.287 e. The highest BCUT2D eigenvalue weighted by atomic mass is 16.3. The van der Waals surface area contributed by atoms with E-state index in [0.29, 0.717) is 5.76 Å². The predicted molar refractivity (Wildman–Crippen MR) is 78.0 cm³/mol. The quantitative estimate of drug-likeness (QED) is 0.784. The third kappa shape index (κ3) is 2.20. The number of carbonyl (C=O) groups excluding carboxylic acids is 1. The lowest BCUT2D eigenvalue weighted by atomic mass is 10.1. The fraction of sp³-hybridized carbons (Fsp3) is 0.250. The summed E-state index contributed by atoms with van der Waals surface area (Å²) in [5.74, 6) is 1.30. The first-order valence-electron chi connectivity index (χ1n) is 7.09. The summed E-state index contributed by atoms with van der Waals surface area (Å²) in [5, 5.41) is 3.99. The number of nitrogens with zero attached hydrogens (tertiary/aromatic N) is 2. The normalized spacial score (nSPS) is 17.6. The van der Waals surface area contributed by atoms with Crippen LogP contribution in [0.2, 0.25) is 0 Å². The van der Waals surface area contributed by atoms with E-state index < -0.39 is 0 Å². The van der Waals surface area contributed by atoms with Crippen LogP contribution in [0.3, 0.4) is 0 Å². The number of amides is 1. The van der Waals surface area contributed by atoms with E-state index >= 15 is 0 Å². The van der Waals surface area contributed by atoms with E-state index in [1.54, 1.807) is 12.3 Å². The highest BCUT2D eigenvalue weighted by Gasteiger charge is 2.22. The van der Waals surface area contributed by atoms with E-state index in [2.05, 4.69) is 14.9 Å². The minimum absolute atomic E-state index is 0.118. The molecule has 1 amide bonds. The van der Waals surface area contributed by atoms with Crippen LogP contribution < -0.4 is 5.32 Å². The molecule has 0 saturated carbocycles. The van der Waals surface area contributed by atoms with Crippen LogP contribution in [-0.4, -0.2) is 21.5 Å². The van der Waals surface area contributed by atoms with Gasteiger partial charge in [0, 0.05) is 36.8 Å². The summed E-state index contributed by atoms with van der Waals surface area (Å²) < 4.78 is 7.68. The molecular weight excluding hydrogens is 266 g/mol. The van der Waals surface area contributed by atoms with Crippen LogP contribution >= 0.6 is 0 Å². The van der Waals surface area contributed by atoms with Crippen molar-refractivity contribution in [3.63, 3.8) is 0 Å². The number of nitrogens with one attached hydrogen (secondary N) is 1. The van der Waals surface area contributed by atoms with Gasteiger partial charge < -0.3 is 14.3 Å². The van der Waals surface area contributed by atoms with Crippen LogP contribution in [0.5, 0.6) is 0 Å². The number of hydrogen-bond acceptors (Lipinski definition) is 3. The number of para-hydroxylation sites is 1. The Kier molecular flexibility index (Phi) is 2.77. The van der Waals surface area contributed by atoms with E-state index in [1.165, 1.54) is 0 Å². The van der Waals surface area contributed by atoms with Crippen molar-refractivity contribution in [3.8, 4) is 0 Å². The number of hydrogen-bond donors (Lipinski definition) is 1. The molecule has 5 nitrogen and oxygen atoms in total. The molecule has 1 aromatic carbocycles. The number of carbonyl (C=O) groups is 1.